The van der Waals surface area contributed by atoms with E-state index in [-0.39, 0.29) is 18.7 Å². The topological polar surface area (TPSA) is 84.5 Å². The predicted octanol–water partition coefficient (Wildman–Crippen LogP) is 0.686. The summed E-state index contributed by atoms with van der Waals surface area (Å²) in [6.45, 7) is 0. The number of nitrogens with one attached hydrogen (secondary N) is 2. The first-order chi connectivity index (χ1) is 9.10. The minimum absolute atomic E-state index is 0.187. The van der Waals surface area contributed by atoms with Crippen molar-refractivity contribution in [1.29, 1.82) is 0 Å². The van der Waals surface area contributed by atoms with Crippen molar-refractivity contribution < 1.29 is 19.1 Å². The van der Waals surface area contributed by atoms with Crippen molar-refractivity contribution in [3.63, 3.8) is 0 Å². The van der Waals surface area contributed by atoms with Crippen LogP contribution in [0.4, 0.5) is 5.69 Å². The van der Waals surface area contributed by atoms with Crippen LogP contribution in [-0.2, 0) is 14.4 Å². The normalized spacial score (nSPS) is 18.7. The molecule has 1 aromatic carbocycles. The maximum absolute atomic E-state index is 11.9. The van der Waals surface area contributed by atoms with Gasteiger partial charge in [-0.05, 0) is 30.7 Å². The summed E-state index contributed by atoms with van der Waals surface area (Å²) in [5, 5.41) is 4.80. The highest BCUT2D eigenvalue weighted by Gasteiger charge is 2.32. The van der Waals surface area contributed by atoms with Gasteiger partial charge in [0, 0.05) is 12.1 Å². The second-order valence-electron chi connectivity index (χ2n) is 4.22. The molecule has 1 atom stereocenters. The SMILES string of the molecule is COc1ccc(NC(=O)C2CCC(=O)NC2=O)cc1. The first-order valence-electron chi connectivity index (χ1n) is 5.89. The molecule has 100 valence electrons. The number of imide groups is 1. The van der Waals surface area contributed by atoms with Gasteiger partial charge >= 0.3 is 0 Å². The maximum atomic E-state index is 11.9. The number of methoxy groups -OCH3 is 1. The summed E-state index contributed by atoms with van der Waals surface area (Å²) >= 11 is 0. The number of hydrogen-bond acceptors (Lipinski definition) is 4. The summed E-state index contributed by atoms with van der Waals surface area (Å²) in [5.41, 5.74) is 0.579. The molecule has 2 rings (SSSR count). The largest absolute Gasteiger partial charge is 0.497 e. The third kappa shape index (κ3) is 3.09. The Balaban J connectivity index is 2.00. The fourth-order valence-corrected chi connectivity index (χ4v) is 1.85. The lowest BCUT2D eigenvalue weighted by atomic mass is 9.97. The minimum atomic E-state index is -0.820. The van der Waals surface area contributed by atoms with E-state index in [2.05, 4.69) is 10.6 Å². The lowest BCUT2D eigenvalue weighted by molar-refractivity contribution is -0.139. The highest BCUT2D eigenvalue weighted by Crippen LogP contribution is 2.18. The van der Waals surface area contributed by atoms with Crippen LogP contribution in [-0.4, -0.2) is 24.8 Å². The lowest BCUT2D eigenvalue weighted by Gasteiger charge is -2.20. The van der Waals surface area contributed by atoms with Gasteiger partial charge in [0.05, 0.1) is 7.11 Å². The van der Waals surface area contributed by atoms with Crippen molar-refractivity contribution >= 4 is 23.4 Å². The zero-order valence-corrected chi connectivity index (χ0v) is 10.4. The zero-order chi connectivity index (χ0) is 13.8. The van der Waals surface area contributed by atoms with Crippen LogP contribution in [0.1, 0.15) is 12.8 Å². The lowest BCUT2D eigenvalue weighted by Crippen LogP contribution is -2.45. The van der Waals surface area contributed by atoms with Crippen molar-refractivity contribution in [3.05, 3.63) is 24.3 Å². The third-order valence-corrected chi connectivity index (χ3v) is 2.91. The van der Waals surface area contributed by atoms with Gasteiger partial charge in [0.15, 0.2) is 0 Å². The highest BCUT2D eigenvalue weighted by molar-refractivity contribution is 6.12. The average molecular weight is 262 g/mol. The maximum Gasteiger partial charge on any atom is 0.239 e. The number of carbonyl (C=O) groups excluding carboxylic acids is 3. The van der Waals surface area contributed by atoms with Crippen molar-refractivity contribution in [1.82, 2.24) is 5.32 Å². The number of piperidine rings is 1. The minimum Gasteiger partial charge on any atom is -0.497 e. The van der Waals surface area contributed by atoms with Gasteiger partial charge in [0.2, 0.25) is 17.7 Å². The molecule has 1 aliphatic heterocycles. The van der Waals surface area contributed by atoms with E-state index < -0.39 is 17.7 Å². The van der Waals surface area contributed by atoms with Gasteiger partial charge in [-0.3, -0.25) is 19.7 Å². The van der Waals surface area contributed by atoms with Crippen LogP contribution in [0.25, 0.3) is 0 Å². The van der Waals surface area contributed by atoms with Crippen molar-refractivity contribution in [2.45, 2.75) is 12.8 Å². The van der Waals surface area contributed by atoms with Crippen molar-refractivity contribution in [2.75, 3.05) is 12.4 Å². The molecule has 0 saturated carbocycles. The number of rotatable bonds is 3. The molecule has 3 amide bonds. The Labute approximate surface area is 110 Å². The Morgan fingerprint density at radius 1 is 1.32 bits per heavy atom. The number of benzene rings is 1. The van der Waals surface area contributed by atoms with E-state index >= 15 is 0 Å². The molecule has 19 heavy (non-hydrogen) atoms. The number of carbonyl (C=O) groups is 3. The first kappa shape index (κ1) is 13.1. The van der Waals surface area contributed by atoms with Crippen LogP contribution in [0.5, 0.6) is 5.75 Å². The molecule has 0 aliphatic carbocycles. The van der Waals surface area contributed by atoms with Gasteiger partial charge < -0.3 is 10.1 Å². The molecule has 1 fully saturated rings. The van der Waals surface area contributed by atoms with Crippen LogP contribution < -0.4 is 15.4 Å². The molecule has 1 aliphatic rings. The Kier molecular flexibility index (Phi) is 3.79. The van der Waals surface area contributed by atoms with Gasteiger partial charge in [-0.25, -0.2) is 0 Å². The molecule has 6 nitrogen and oxygen atoms in total. The van der Waals surface area contributed by atoms with E-state index in [1.54, 1.807) is 31.4 Å². The van der Waals surface area contributed by atoms with Crippen LogP contribution in [0.15, 0.2) is 24.3 Å². The van der Waals surface area contributed by atoms with E-state index in [0.717, 1.165) is 0 Å². The van der Waals surface area contributed by atoms with E-state index in [1.165, 1.54) is 0 Å². The fraction of sp³-hybridized carbons (Fsp3) is 0.308. The van der Waals surface area contributed by atoms with E-state index in [1.807, 2.05) is 0 Å². The Bertz CT molecular complexity index is 510. The van der Waals surface area contributed by atoms with Gasteiger partial charge in [0.25, 0.3) is 0 Å². The zero-order valence-electron chi connectivity index (χ0n) is 10.4. The summed E-state index contributed by atoms with van der Waals surface area (Å²) in [6, 6.07) is 6.78. The van der Waals surface area contributed by atoms with Gasteiger partial charge in [-0.15, -0.1) is 0 Å². The fourth-order valence-electron chi connectivity index (χ4n) is 1.85. The molecular formula is C13H14N2O4. The molecular weight excluding hydrogens is 248 g/mol. The summed E-state index contributed by atoms with van der Waals surface area (Å²) in [6.07, 6.45) is 0.430. The summed E-state index contributed by atoms with van der Waals surface area (Å²) in [4.78, 5) is 34.4. The molecule has 0 aromatic heterocycles. The van der Waals surface area contributed by atoms with E-state index in [0.29, 0.717) is 11.4 Å². The van der Waals surface area contributed by atoms with E-state index in [9.17, 15) is 14.4 Å². The Morgan fingerprint density at radius 3 is 2.58 bits per heavy atom. The quantitative estimate of drug-likeness (QED) is 0.620. The standard InChI is InChI=1S/C13H14N2O4/c1-19-9-4-2-8(3-5-9)14-12(17)10-6-7-11(16)15-13(10)18/h2-5,10H,6-7H2,1H3,(H,14,17)(H,15,16,18). The first-order valence-corrected chi connectivity index (χ1v) is 5.89. The van der Waals surface area contributed by atoms with Crippen LogP contribution >= 0.6 is 0 Å². The molecule has 1 unspecified atom stereocenters. The summed E-state index contributed by atoms with van der Waals surface area (Å²) in [5.74, 6) is -1.42. The number of hydrogen-bond donors (Lipinski definition) is 2. The molecule has 2 N–H and O–H groups in total. The summed E-state index contributed by atoms with van der Waals surface area (Å²) in [7, 11) is 1.55. The van der Waals surface area contributed by atoms with E-state index in [4.69, 9.17) is 4.74 Å². The second-order valence-corrected chi connectivity index (χ2v) is 4.22. The van der Waals surface area contributed by atoms with Crippen LogP contribution in [0.3, 0.4) is 0 Å². The van der Waals surface area contributed by atoms with Gasteiger partial charge in [-0.2, -0.15) is 0 Å². The third-order valence-electron chi connectivity index (χ3n) is 2.91. The monoisotopic (exact) mass is 262 g/mol. The van der Waals surface area contributed by atoms with Gasteiger partial charge in [-0.1, -0.05) is 0 Å². The van der Waals surface area contributed by atoms with Crippen molar-refractivity contribution in [2.24, 2.45) is 5.92 Å². The van der Waals surface area contributed by atoms with Gasteiger partial charge in [0.1, 0.15) is 11.7 Å². The Morgan fingerprint density at radius 2 is 2.00 bits per heavy atom. The predicted molar refractivity (Wildman–Crippen MR) is 67.5 cm³/mol. The molecule has 0 spiro atoms. The number of ether oxygens (including phenoxy) is 1. The number of anilines is 1. The smallest absolute Gasteiger partial charge is 0.239 e. The molecule has 1 aromatic rings. The van der Waals surface area contributed by atoms with Crippen LogP contribution in [0, 0.1) is 5.92 Å². The summed E-state index contributed by atoms with van der Waals surface area (Å²) < 4.78 is 5.01. The van der Waals surface area contributed by atoms with Crippen LogP contribution in [0.2, 0.25) is 0 Å². The highest BCUT2D eigenvalue weighted by atomic mass is 16.5. The molecule has 6 heteroatoms. The molecule has 0 radical (unpaired) electrons. The van der Waals surface area contributed by atoms with Crippen molar-refractivity contribution in [3.8, 4) is 5.75 Å². The number of amides is 3. The second kappa shape index (κ2) is 5.51. The average Bonchev–Trinajstić information content (AvgIpc) is 2.39. The molecule has 1 saturated heterocycles. The molecule has 1 heterocycles. The molecule has 0 bridgehead atoms. The Hall–Kier alpha value is -2.37.